The number of benzene rings is 2. The number of nitrogens with zero attached hydrogens (tertiary/aromatic N) is 2. The number of halogens is 1. The lowest BCUT2D eigenvalue weighted by molar-refractivity contribution is -0.116. The van der Waals surface area contributed by atoms with Crippen molar-refractivity contribution in [2.75, 3.05) is 5.32 Å². The number of aromatic nitrogens is 2. The molecule has 8 heteroatoms. The third-order valence-corrected chi connectivity index (χ3v) is 4.80. The van der Waals surface area contributed by atoms with Gasteiger partial charge in [-0.15, -0.1) is 0 Å². The van der Waals surface area contributed by atoms with Gasteiger partial charge < -0.3 is 9.73 Å². The minimum Gasteiger partial charge on any atom is -0.467 e. The van der Waals surface area contributed by atoms with E-state index >= 15 is 0 Å². The van der Waals surface area contributed by atoms with Crippen LogP contribution in [0.5, 0.6) is 0 Å². The van der Waals surface area contributed by atoms with Gasteiger partial charge in [0.1, 0.15) is 18.1 Å². The lowest BCUT2D eigenvalue weighted by Gasteiger charge is -2.14. The molecule has 1 N–H and O–H groups in total. The van der Waals surface area contributed by atoms with E-state index in [2.05, 4.69) is 5.32 Å². The van der Waals surface area contributed by atoms with Gasteiger partial charge >= 0.3 is 5.69 Å². The largest absolute Gasteiger partial charge is 0.467 e. The average molecular weight is 407 g/mol. The molecule has 2 aromatic heterocycles. The number of carbonyl (C=O) groups excluding carboxylic acids is 1. The fourth-order valence-corrected chi connectivity index (χ4v) is 3.28. The van der Waals surface area contributed by atoms with Gasteiger partial charge in [0.2, 0.25) is 5.91 Å². The van der Waals surface area contributed by atoms with E-state index in [0.717, 1.165) is 4.57 Å². The molecule has 2 heterocycles. The maximum absolute atomic E-state index is 13.5. The third kappa shape index (κ3) is 3.67. The van der Waals surface area contributed by atoms with Crippen molar-refractivity contribution in [3.8, 4) is 0 Å². The number of rotatable bonds is 5. The van der Waals surface area contributed by atoms with Crippen LogP contribution in [0.3, 0.4) is 0 Å². The molecule has 0 spiro atoms. The van der Waals surface area contributed by atoms with Gasteiger partial charge in [0, 0.05) is 5.69 Å². The summed E-state index contributed by atoms with van der Waals surface area (Å²) in [7, 11) is 0. The number of fused-ring (bicyclic) bond motifs is 1. The van der Waals surface area contributed by atoms with Crippen molar-refractivity contribution < 1.29 is 13.6 Å². The minimum atomic E-state index is -0.638. The summed E-state index contributed by atoms with van der Waals surface area (Å²) in [5.41, 5.74) is 0.242. The fourth-order valence-electron chi connectivity index (χ4n) is 3.28. The predicted molar refractivity (Wildman–Crippen MR) is 110 cm³/mol. The van der Waals surface area contributed by atoms with E-state index in [1.54, 1.807) is 49.4 Å². The first-order valence-corrected chi connectivity index (χ1v) is 9.25. The van der Waals surface area contributed by atoms with Crippen LogP contribution in [0.15, 0.2) is 74.9 Å². The first-order valence-electron chi connectivity index (χ1n) is 9.25. The Hall–Kier alpha value is -3.94. The summed E-state index contributed by atoms with van der Waals surface area (Å²) >= 11 is 0. The lowest BCUT2D eigenvalue weighted by Crippen LogP contribution is -2.42. The number of nitrogens with one attached hydrogen (secondary N) is 1. The molecule has 0 bridgehead atoms. The summed E-state index contributed by atoms with van der Waals surface area (Å²) in [4.78, 5) is 38.6. The molecule has 0 aliphatic rings. The summed E-state index contributed by atoms with van der Waals surface area (Å²) in [6.45, 7) is 1.34. The second kappa shape index (κ2) is 7.82. The van der Waals surface area contributed by atoms with Gasteiger partial charge in [-0.2, -0.15) is 0 Å². The summed E-state index contributed by atoms with van der Waals surface area (Å²) < 4.78 is 21.0. The van der Waals surface area contributed by atoms with Crippen LogP contribution in [0, 0.1) is 12.7 Å². The Morgan fingerprint density at radius 3 is 2.63 bits per heavy atom. The fraction of sp³-hybridized carbons (Fsp3) is 0.136. The summed E-state index contributed by atoms with van der Waals surface area (Å²) in [5, 5.41) is 2.93. The molecule has 152 valence electrons. The Kier molecular flexibility index (Phi) is 5.05. The zero-order chi connectivity index (χ0) is 21.3. The van der Waals surface area contributed by atoms with Gasteiger partial charge in [0.15, 0.2) is 0 Å². The summed E-state index contributed by atoms with van der Waals surface area (Å²) in [5.74, 6) is -0.555. The SMILES string of the molecule is Cc1ccc(F)cc1NC(=O)Cn1c(=O)n(Cc2ccco2)c(=O)c2ccccc21. The van der Waals surface area contributed by atoms with E-state index in [0.29, 0.717) is 27.9 Å². The minimum absolute atomic E-state index is 0.0554. The van der Waals surface area contributed by atoms with Crippen molar-refractivity contribution in [2.45, 2.75) is 20.0 Å². The van der Waals surface area contributed by atoms with Crippen molar-refractivity contribution in [2.24, 2.45) is 0 Å². The van der Waals surface area contributed by atoms with E-state index in [-0.39, 0.29) is 13.1 Å². The standard InChI is InChI=1S/C22H18FN3O4/c1-14-8-9-15(23)11-18(14)24-20(27)13-25-19-7-3-2-6-17(19)21(28)26(22(25)29)12-16-5-4-10-30-16/h2-11H,12-13H2,1H3,(H,24,27). The van der Waals surface area contributed by atoms with Crippen LogP contribution < -0.4 is 16.6 Å². The third-order valence-electron chi connectivity index (χ3n) is 4.80. The number of carbonyl (C=O) groups is 1. The molecule has 0 radical (unpaired) electrons. The first-order chi connectivity index (χ1) is 14.4. The van der Waals surface area contributed by atoms with E-state index in [1.165, 1.54) is 23.0 Å². The number of furan rings is 1. The van der Waals surface area contributed by atoms with E-state index < -0.39 is 23.0 Å². The highest BCUT2D eigenvalue weighted by Gasteiger charge is 2.16. The maximum Gasteiger partial charge on any atom is 0.332 e. The van der Waals surface area contributed by atoms with E-state index in [9.17, 15) is 18.8 Å². The van der Waals surface area contributed by atoms with Gasteiger partial charge in [0.05, 0.1) is 23.7 Å². The summed E-state index contributed by atoms with van der Waals surface area (Å²) in [6, 6.07) is 14.0. The van der Waals surface area contributed by atoms with Crippen LogP contribution in [-0.2, 0) is 17.9 Å². The average Bonchev–Trinajstić information content (AvgIpc) is 3.24. The Bertz CT molecular complexity index is 1350. The van der Waals surface area contributed by atoms with Crippen LogP contribution in [0.1, 0.15) is 11.3 Å². The molecule has 7 nitrogen and oxygen atoms in total. The molecule has 0 aliphatic carbocycles. The normalized spacial score (nSPS) is 11.0. The van der Waals surface area contributed by atoms with Crippen molar-refractivity contribution in [3.63, 3.8) is 0 Å². The lowest BCUT2D eigenvalue weighted by atomic mass is 10.2. The molecule has 30 heavy (non-hydrogen) atoms. The molecule has 0 atom stereocenters. The zero-order valence-corrected chi connectivity index (χ0v) is 16.1. The summed E-state index contributed by atoms with van der Waals surface area (Å²) in [6.07, 6.45) is 1.45. The van der Waals surface area contributed by atoms with Gasteiger partial charge in [-0.05, 0) is 48.9 Å². The van der Waals surface area contributed by atoms with Crippen LogP contribution >= 0.6 is 0 Å². The van der Waals surface area contributed by atoms with Gasteiger partial charge in [-0.3, -0.25) is 18.7 Å². The molecular weight excluding hydrogens is 389 g/mol. The predicted octanol–water partition coefficient (Wildman–Crippen LogP) is 2.89. The number of hydrogen-bond donors (Lipinski definition) is 1. The van der Waals surface area contributed by atoms with Crippen molar-refractivity contribution in [1.82, 2.24) is 9.13 Å². The molecule has 4 rings (SSSR count). The Labute approximate surface area is 170 Å². The maximum atomic E-state index is 13.5. The quantitative estimate of drug-likeness (QED) is 0.551. The molecular formula is C22H18FN3O4. The number of aryl methyl sites for hydroxylation is 1. The second-order valence-electron chi connectivity index (χ2n) is 6.86. The molecule has 1 amide bonds. The molecule has 0 saturated heterocycles. The molecule has 4 aromatic rings. The molecule has 0 aliphatic heterocycles. The van der Waals surface area contributed by atoms with Gasteiger partial charge in [-0.25, -0.2) is 9.18 Å². The van der Waals surface area contributed by atoms with Crippen molar-refractivity contribution in [1.29, 1.82) is 0 Å². The smallest absolute Gasteiger partial charge is 0.332 e. The van der Waals surface area contributed by atoms with Crippen molar-refractivity contribution in [3.05, 3.63) is 98.8 Å². The van der Waals surface area contributed by atoms with Crippen LogP contribution in [0.25, 0.3) is 10.9 Å². The number of anilines is 1. The van der Waals surface area contributed by atoms with Gasteiger partial charge in [0.25, 0.3) is 5.56 Å². The monoisotopic (exact) mass is 407 g/mol. The topological polar surface area (TPSA) is 86.2 Å². The highest BCUT2D eigenvalue weighted by Crippen LogP contribution is 2.16. The molecule has 0 fully saturated rings. The van der Waals surface area contributed by atoms with E-state index in [1.807, 2.05) is 0 Å². The number of para-hydroxylation sites is 1. The molecule has 0 unspecified atom stereocenters. The van der Waals surface area contributed by atoms with Crippen LogP contribution in [0.2, 0.25) is 0 Å². The Balaban J connectivity index is 1.76. The number of amides is 1. The molecule has 0 saturated carbocycles. The highest BCUT2D eigenvalue weighted by atomic mass is 19.1. The van der Waals surface area contributed by atoms with Crippen LogP contribution in [-0.4, -0.2) is 15.0 Å². The Morgan fingerprint density at radius 1 is 1.07 bits per heavy atom. The Morgan fingerprint density at radius 2 is 1.87 bits per heavy atom. The second-order valence-corrected chi connectivity index (χ2v) is 6.86. The molecule has 2 aromatic carbocycles. The number of hydrogen-bond acceptors (Lipinski definition) is 4. The van der Waals surface area contributed by atoms with Crippen LogP contribution in [0.4, 0.5) is 10.1 Å². The highest BCUT2D eigenvalue weighted by molar-refractivity contribution is 5.92. The zero-order valence-electron chi connectivity index (χ0n) is 16.1. The van der Waals surface area contributed by atoms with Crippen molar-refractivity contribution >= 4 is 22.5 Å². The van der Waals surface area contributed by atoms with Gasteiger partial charge in [-0.1, -0.05) is 18.2 Å². The first kappa shape index (κ1) is 19.4. The van der Waals surface area contributed by atoms with E-state index in [4.69, 9.17) is 4.42 Å².